The molecule has 2 aromatic carbocycles. The summed E-state index contributed by atoms with van der Waals surface area (Å²) in [5.41, 5.74) is 1.81. The van der Waals surface area contributed by atoms with Crippen LogP contribution in [0.3, 0.4) is 0 Å². The summed E-state index contributed by atoms with van der Waals surface area (Å²) in [5, 5.41) is 0.832. The van der Waals surface area contributed by atoms with Crippen LogP contribution in [-0.2, 0) is 6.42 Å². The molecule has 0 atom stereocenters. The Bertz CT molecular complexity index is 882. The lowest BCUT2D eigenvalue weighted by Gasteiger charge is -1.98. The normalized spacial score (nSPS) is 11.1. The SMILES string of the molecule is O=C(/C=C/c1ccc(Cc2ccccc2)s1)c1ccc(Cl)c(Cl)c1. The maximum Gasteiger partial charge on any atom is 0.185 e. The lowest BCUT2D eigenvalue weighted by atomic mass is 10.1. The van der Waals surface area contributed by atoms with E-state index in [9.17, 15) is 4.79 Å². The second kappa shape index (κ2) is 7.80. The molecule has 0 N–H and O–H groups in total. The zero-order chi connectivity index (χ0) is 16.9. The van der Waals surface area contributed by atoms with Crippen molar-refractivity contribution in [2.24, 2.45) is 0 Å². The van der Waals surface area contributed by atoms with Gasteiger partial charge in [-0.05, 0) is 48.0 Å². The van der Waals surface area contributed by atoms with Crippen LogP contribution in [0.25, 0.3) is 6.08 Å². The fourth-order valence-electron chi connectivity index (χ4n) is 2.28. The van der Waals surface area contributed by atoms with Crippen LogP contribution in [0.2, 0.25) is 10.0 Å². The first-order valence-electron chi connectivity index (χ1n) is 7.42. The largest absolute Gasteiger partial charge is 0.289 e. The van der Waals surface area contributed by atoms with Gasteiger partial charge in [-0.25, -0.2) is 0 Å². The Hall–Kier alpha value is -1.87. The van der Waals surface area contributed by atoms with Gasteiger partial charge >= 0.3 is 0 Å². The third kappa shape index (κ3) is 4.35. The smallest absolute Gasteiger partial charge is 0.185 e. The summed E-state index contributed by atoms with van der Waals surface area (Å²) in [6, 6.07) is 19.4. The standard InChI is InChI=1S/C20H14Cl2OS/c21-18-10-6-15(13-19(18)22)20(23)11-9-16-7-8-17(24-16)12-14-4-2-1-3-5-14/h1-11,13H,12H2/b11-9+. The van der Waals surface area contributed by atoms with Crippen molar-refractivity contribution >= 4 is 46.4 Å². The van der Waals surface area contributed by atoms with Crippen LogP contribution in [0, 0.1) is 0 Å². The molecule has 0 saturated heterocycles. The monoisotopic (exact) mass is 372 g/mol. The molecule has 120 valence electrons. The number of halogens is 2. The Kier molecular flexibility index (Phi) is 5.52. The number of rotatable bonds is 5. The maximum absolute atomic E-state index is 12.2. The molecule has 1 nitrogen and oxygen atoms in total. The van der Waals surface area contributed by atoms with E-state index in [1.807, 2.05) is 30.3 Å². The molecule has 0 unspecified atom stereocenters. The number of hydrogen-bond acceptors (Lipinski definition) is 2. The minimum atomic E-state index is -0.0911. The van der Waals surface area contributed by atoms with E-state index in [-0.39, 0.29) is 5.78 Å². The molecule has 0 fully saturated rings. The Morgan fingerprint density at radius 3 is 2.50 bits per heavy atom. The van der Waals surface area contributed by atoms with E-state index < -0.39 is 0 Å². The molecule has 0 bridgehead atoms. The molecule has 4 heteroatoms. The van der Waals surface area contributed by atoms with Crippen LogP contribution in [0.1, 0.15) is 25.7 Å². The van der Waals surface area contributed by atoms with Gasteiger partial charge in [0.25, 0.3) is 0 Å². The predicted molar refractivity (Wildman–Crippen MR) is 103 cm³/mol. The van der Waals surface area contributed by atoms with E-state index in [4.69, 9.17) is 23.2 Å². The van der Waals surface area contributed by atoms with Gasteiger partial charge in [-0.1, -0.05) is 53.5 Å². The summed E-state index contributed by atoms with van der Waals surface area (Å²) in [4.78, 5) is 14.5. The Balaban J connectivity index is 1.68. The highest BCUT2D eigenvalue weighted by molar-refractivity contribution is 7.12. The zero-order valence-electron chi connectivity index (χ0n) is 12.7. The number of hydrogen-bond donors (Lipinski definition) is 0. The Morgan fingerprint density at radius 1 is 0.958 bits per heavy atom. The first-order chi connectivity index (χ1) is 11.6. The van der Waals surface area contributed by atoms with E-state index in [2.05, 4.69) is 18.2 Å². The van der Waals surface area contributed by atoms with Gasteiger partial charge in [0.2, 0.25) is 0 Å². The Morgan fingerprint density at radius 2 is 1.75 bits per heavy atom. The molecule has 0 spiro atoms. The molecule has 1 aromatic heterocycles. The first-order valence-corrected chi connectivity index (χ1v) is 8.99. The van der Waals surface area contributed by atoms with Crippen molar-refractivity contribution in [2.75, 3.05) is 0 Å². The lowest BCUT2D eigenvalue weighted by molar-refractivity contribution is 0.104. The maximum atomic E-state index is 12.2. The summed E-state index contributed by atoms with van der Waals surface area (Å²) in [7, 11) is 0. The number of carbonyl (C=O) groups is 1. The van der Waals surface area contributed by atoms with Gasteiger partial charge < -0.3 is 0 Å². The molecule has 0 aliphatic heterocycles. The minimum Gasteiger partial charge on any atom is -0.289 e. The van der Waals surface area contributed by atoms with Crippen molar-refractivity contribution in [3.05, 3.63) is 97.7 Å². The molecule has 3 aromatic rings. The summed E-state index contributed by atoms with van der Waals surface area (Å²) < 4.78 is 0. The number of thiophene rings is 1. The lowest BCUT2D eigenvalue weighted by Crippen LogP contribution is -1.93. The fraction of sp³-hybridized carbons (Fsp3) is 0.0500. The van der Waals surface area contributed by atoms with Crippen molar-refractivity contribution in [2.45, 2.75) is 6.42 Å². The van der Waals surface area contributed by atoms with Crippen molar-refractivity contribution < 1.29 is 4.79 Å². The van der Waals surface area contributed by atoms with Crippen LogP contribution in [0.4, 0.5) is 0 Å². The second-order valence-electron chi connectivity index (χ2n) is 5.29. The van der Waals surface area contributed by atoms with E-state index in [0.29, 0.717) is 15.6 Å². The fourth-order valence-corrected chi connectivity index (χ4v) is 3.53. The van der Waals surface area contributed by atoms with Gasteiger partial charge in [-0.3, -0.25) is 4.79 Å². The van der Waals surface area contributed by atoms with Crippen molar-refractivity contribution in [1.29, 1.82) is 0 Å². The summed E-state index contributed by atoms with van der Waals surface area (Å²) in [6.45, 7) is 0. The van der Waals surface area contributed by atoms with Gasteiger partial charge in [0.05, 0.1) is 10.0 Å². The first kappa shape index (κ1) is 17.0. The van der Waals surface area contributed by atoms with E-state index in [1.165, 1.54) is 10.4 Å². The molecule has 0 saturated carbocycles. The summed E-state index contributed by atoms with van der Waals surface area (Å²) in [6.07, 6.45) is 4.31. The number of benzene rings is 2. The van der Waals surface area contributed by atoms with Crippen LogP contribution < -0.4 is 0 Å². The highest BCUT2D eigenvalue weighted by atomic mass is 35.5. The summed E-state index contributed by atoms with van der Waals surface area (Å²) >= 11 is 13.5. The number of carbonyl (C=O) groups excluding carboxylic acids is 1. The molecule has 1 heterocycles. The predicted octanol–water partition coefficient (Wildman–Crippen LogP) is 6.54. The molecular formula is C20H14Cl2OS. The molecule has 3 rings (SSSR count). The van der Waals surface area contributed by atoms with Crippen molar-refractivity contribution in [1.82, 2.24) is 0 Å². The van der Waals surface area contributed by atoms with Crippen LogP contribution in [0.5, 0.6) is 0 Å². The van der Waals surface area contributed by atoms with E-state index in [1.54, 1.807) is 35.6 Å². The van der Waals surface area contributed by atoms with Gasteiger partial charge in [0.1, 0.15) is 0 Å². The van der Waals surface area contributed by atoms with Crippen LogP contribution in [0.15, 0.2) is 66.7 Å². The van der Waals surface area contributed by atoms with E-state index in [0.717, 1.165) is 11.3 Å². The average molecular weight is 373 g/mol. The van der Waals surface area contributed by atoms with Gasteiger partial charge in [-0.15, -0.1) is 11.3 Å². The van der Waals surface area contributed by atoms with Gasteiger partial charge in [-0.2, -0.15) is 0 Å². The third-order valence-corrected chi connectivity index (χ3v) is 5.30. The van der Waals surface area contributed by atoms with Gasteiger partial charge in [0, 0.05) is 21.7 Å². The van der Waals surface area contributed by atoms with E-state index >= 15 is 0 Å². The van der Waals surface area contributed by atoms with Crippen LogP contribution in [-0.4, -0.2) is 5.78 Å². The molecule has 0 radical (unpaired) electrons. The molecular weight excluding hydrogens is 359 g/mol. The quantitative estimate of drug-likeness (QED) is 0.366. The zero-order valence-corrected chi connectivity index (χ0v) is 15.0. The molecule has 24 heavy (non-hydrogen) atoms. The topological polar surface area (TPSA) is 17.1 Å². The second-order valence-corrected chi connectivity index (χ2v) is 7.31. The minimum absolute atomic E-state index is 0.0911. The highest BCUT2D eigenvalue weighted by Crippen LogP contribution is 2.24. The average Bonchev–Trinajstić information content (AvgIpc) is 3.03. The third-order valence-electron chi connectivity index (χ3n) is 3.51. The number of allylic oxidation sites excluding steroid dienone is 1. The van der Waals surface area contributed by atoms with Crippen LogP contribution >= 0.6 is 34.5 Å². The highest BCUT2D eigenvalue weighted by Gasteiger charge is 2.06. The molecule has 0 aliphatic rings. The summed E-state index contributed by atoms with van der Waals surface area (Å²) in [5.74, 6) is -0.0911. The van der Waals surface area contributed by atoms with Gasteiger partial charge in [0.15, 0.2) is 5.78 Å². The molecule has 0 aliphatic carbocycles. The Labute approximate surface area is 155 Å². The van der Waals surface area contributed by atoms with Crippen molar-refractivity contribution in [3.63, 3.8) is 0 Å². The number of ketones is 1. The molecule has 0 amide bonds. The van der Waals surface area contributed by atoms with Crippen molar-refractivity contribution in [3.8, 4) is 0 Å².